The van der Waals surface area contributed by atoms with Gasteiger partial charge < -0.3 is 0 Å². The summed E-state index contributed by atoms with van der Waals surface area (Å²) in [4.78, 5) is 12.3. The molecule has 1 nitrogen and oxygen atoms in total. The predicted octanol–water partition coefficient (Wildman–Crippen LogP) is 4.76. The van der Waals surface area contributed by atoms with Crippen molar-refractivity contribution in [3.8, 4) is 0 Å². The second-order valence-electron chi connectivity index (χ2n) is 8.50. The molecule has 4 rings (SSSR count). The molecule has 0 aromatic heterocycles. The summed E-state index contributed by atoms with van der Waals surface area (Å²) in [5.74, 6) is 3.61. The standard InChI is InChI=1S/C19H28O/c1-18-11-4-3-5-13(18)6-7-14-15-8-9-17(20)19(15,2)12-10-16(14)18/h8-9,13-16H,3-7,10-12H2,1-2H3/t13?,14-,15-,16-,18-,19-/m0/s1. The lowest BCUT2D eigenvalue weighted by molar-refractivity contribution is -0.136. The van der Waals surface area contributed by atoms with E-state index in [0.29, 0.717) is 17.1 Å². The molecule has 6 atom stereocenters. The summed E-state index contributed by atoms with van der Waals surface area (Å²) < 4.78 is 0. The van der Waals surface area contributed by atoms with Crippen LogP contribution in [-0.4, -0.2) is 5.78 Å². The second-order valence-corrected chi connectivity index (χ2v) is 8.50. The van der Waals surface area contributed by atoms with Gasteiger partial charge in [-0.05, 0) is 73.7 Å². The lowest BCUT2D eigenvalue weighted by Crippen LogP contribution is -2.52. The summed E-state index contributed by atoms with van der Waals surface area (Å²) in [6, 6.07) is 0. The lowest BCUT2D eigenvalue weighted by atomic mass is 9.45. The largest absolute Gasteiger partial charge is 0.294 e. The van der Waals surface area contributed by atoms with Crippen LogP contribution in [0.1, 0.15) is 65.2 Å². The van der Waals surface area contributed by atoms with Gasteiger partial charge in [-0.3, -0.25) is 4.79 Å². The zero-order chi connectivity index (χ0) is 14.0. The molecular weight excluding hydrogens is 244 g/mol. The van der Waals surface area contributed by atoms with E-state index in [1.165, 1.54) is 44.9 Å². The molecule has 0 bridgehead atoms. The monoisotopic (exact) mass is 272 g/mol. The molecule has 20 heavy (non-hydrogen) atoms. The van der Waals surface area contributed by atoms with Gasteiger partial charge in [0, 0.05) is 5.41 Å². The van der Waals surface area contributed by atoms with E-state index in [0.717, 1.165) is 24.2 Å². The van der Waals surface area contributed by atoms with Crippen molar-refractivity contribution in [1.29, 1.82) is 0 Å². The van der Waals surface area contributed by atoms with Crippen molar-refractivity contribution in [2.24, 2.45) is 34.5 Å². The summed E-state index contributed by atoms with van der Waals surface area (Å²) in [6.45, 7) is 4.84. The van der Waals surface area contributed by atoms with Crippen molar-refractivity contribution in [3.63, 3.8) is 0 Å². The van der Waals surface area contributed by atoms with Crippen LogP contribution >= 0.6 is 0 Å². The van der Waals surface area contributed by atoms with Crippen LogP contribution in [0.2, 0.25) is 0 Å². The van der Waals surface area contributed by atoms with E-state index in [1.54, 1.807) is 0 Å². The molecule has 0 aromatic carbocycles. The van der Waals surface area contributed by atoms with Crippen molar-refractivity contribution in [2.45, 2.75) is 65.2 Å². The molecule has 0 heterocycles. The Morgan fingerprint density at radius 2 is 1.90 bits per heavy atom. The Balaban J connectivity index is 1.68. The summed E-state index contributed by atoms with van der Waals surface area (Å²) in [5.41, 5.74) is 0.543. The third-order valence-electron chi connectivity index (χ3n) is 7.85. The number of carbonyl (C=O) groups is 1. The molecule has 0 amide bonds. The quantitative estimate of drug-likeness (QED) is 0.621. The predicted molar refractivity (Wildman–Crippen MR) is 81.3 cm³/mol. The zero-order valence-electron chi connectivity index (χ0n) is 13.0. The van der Waals surface area contributed by atoms with Crippen molar-refractivity contribution < 1.29 is 4.79 Å². The second kappa shape index (κ2) is 4.21. The normalized spacial score (nSPS) is 54.2. The Labute approximate surface area is 123 Å². The fourth-order valence-corrected chi connectivity index (χ4v) is 6.57. The molecule has 1 heteroatoms. The molecule has 0 aromatic rings. The van der Waals surface area contributed by atoms with Gasteiger partial charge in [0.1, 0.15) is 0 Å². The Morgan fingerprint density at radius 3 is 2.75 bits per heavy atom. The topological polar surface area (TPSA) is 17.1 Å². The van der Waals surface area contributed by atoms with Crippen LogP contribution in [0.15, 0.2) is 12.2 Å². The highest BCUT2D eigenvalue weighted by atomic mass is 16.1. The van der Waals surface area contributed by atoms with Gasteiger partial charge >= 0.3 is 0 Å². The molecule has 0 aliphatic heterocycles. The molecule has 4 aliphatic rings. The third-order valence-corrected chi connectivity index (χ3v) is 7.85. The van der Waals surface area contributed by atoms with E-state index in [4.69, 9.17) is 0 Å². The molecular formula is C19H28O. The maximum atomic E-state index is 12.3. The van der Waals surface area contributed by atoms with E-state index in [1.807, 2.05) is 6.08 Å². The third kappa shape index (κ3) is 1.53. The fraction of sp³-hybridized carbons (Fsp3) is 0.842. The molecule has 0 saturated heterocycles. The van der Waals surface area contributed by atoms with Gasteiger partial charge in [0.2, 0.25) is 0 Å². The van der Waals surface area contributed by atoms with Crippen LogP contribution < -0.4 is 0 Å². The SMILES string of the molecule is C[C@]12CCCCC1CC[C@@H]1[C@@H]2CC[C@]2(C)C(=O)C=C[C@@H]12. The van der Waals surface area contributed by atoms with Gasteiger partial charge in [0.15, 0.2) is 5.78 Å². The Bertz CT molecular complexity index is 464. The van der Waals surface area contributed by atoms with E-state index in [9.17, 15) is 4.79 Å². The highest BCUT2D eigenvalue weighted by Crippen LogP contribution is 2.64. The molecule has 0 spiro atoms. The van der Waals surface area contributed by atoms with Gasteiger partial charge in [0.05, 0.1) is 0 Å². The van der Waals surface area contributed by atoms with Crippen molar-refractivity contribution >= 4 is 5.78 Å². The Kier molecular flexibility index (Phi) is 2.76. The number of fused-ring (bicyclic) bond motifs is 5. The average Bonchev–Trinajstić information content (AvgIpc) is 2.74. The van der Waals surface area contributed by atoms with Crippen LogP contribution in [0.25, 0.3) is 0 Å². The molecule has 0 N–H and O–H groups in total. The highest BCUT2D eigenvalue weighted by molar-refractivity contribution is 5.97. The van der Waals surface area contributed by atoms with Crippen molar-refractivity contribution in [1.82, 2.24) is 0 Å². The van der Waals surface area contributed by atoms with Crippen LogP contribution in [0, 0.1) is 34.5 Å². The van der Waals surface area contributed by atoms with Gasteiger partial charge in [-0.2, -0.15) is 0 Å². The van der Waals surface area contributed by atoms with Gasteiger partial charge in [-0.1, -0.05) is 32.8 Å². The number of rotatable bonds is 0. The van der Waals surface area contributed by atoms with E-state index in [2.05, 4.69) is 19.9 Å². The number of ketones is 1. The maximum absolute atomic E-state index is 12.3. The van der Waals surface area contributed by atoms with E-state index in [-0.39, 0.29) is 5.41 Å². The van der Waals surface area contributed by atoms with Crippen molar-refractivity contribution in [3.05, 3.63) is 12.2 Å². The molecule has 0 radical (unpaired) electrons. The minimum absolute atomic E-state index is 0.0426. The number of hydrogen-bond acceptors (Lipinski definition) is 1. The first kappa shape index (κ1) is 13.1. The van der Waals surface area contributed by atoms with Crippen molar-refractivity contribution in [2.75, 3.05) is 0 Å². The summed E-state index contributed by atoms with van der Waals surface area (Å²) in [5, 5.41) is 0. The minimum Gasteiger partial charge on any atom is -0.294 e. The van der Waals surface area contributed by atoms with Gasteiger partial charge in [-0.25, -0.2) is 0 Å². The van der Waals surface area contributed by atoms with Gasteiger partial charge in [0.25, 0.3) is 0 Å². The Morgan fingerprint density at radius 1 is 1.05 bits per heavy atom. The van der Waals surface area contributed by atoms with Crippen LogP contribution in [0.4, 0.5) is 0 Å². The van der Waals surface area contributed by atoms with Crippen LogP contribution in [-0.2, 0) is 4.79 Å². The van der Waals surface area contributed by atoms with E-state index < -0.39 is 0 Å². The molecule has 3 fully saturated rings. The first-order chi connectivity index (χ1) is 9.56. The number of carbonyl (C=O) groups excluding carboxylic acids is 1. The minimum atomic E-state index is -0.0426. The number of hydrogen-bond donors (Lipinski definition) is 0. The first-order valence-corrected chi connectivity index (χ1v) is 8.78. The highest BCUT2D eigenvalue weighted by Gasteiger charge is 2.58. The molecule has 3 saturated carbocycles. The van der Waals surface area contributed by atoms with E-state index >= 15 is 0 Å². The fourth-order valence-electron chi connectivity index (χ4n) is 6.57. The Hall–Kier alpha value is -0.590. The zero-order valence-corrected chi connectivity index (χ0v) is 13.0. The summed E-state index contributed by atoms with van der Waals surface area (Å²) >= 11 is 0. The van der Waals surface area contributed by atoms with Crippen LogP contribution in [0.3, 0.4) is 0 Å². The summed E-state index contributed by atoms with van der Waals surface area (Å²) in [6.07, 6.45) is 15.2. The van der Waals surface area contributed by atoms with Crippen LogP contribution in [0.5, 0.6) is 0 Å². The average molecular weight is 272 g/mol. The lowest BCUT2D eigenvalue weighted by Gasteiger charge is -2.59. The molecule has 110 valence electrons. The maximum Gasteiger partial charge on any atom is 0.161 e. The summed E-state index contributed by atoms with van der Waals surface area (Å²) in [7, 11) is 0. The van der Waals surface area contributed by atoms with Gasteiger partial charge in [-0.15, -0.1) is 0 Å². The first-order valence-electron chi connectivity index (χ1n) is 8.78. The molecule has 4 aliphatic carbocycles. The smallest absolute Gasteiger partial charge is 0.161 e. The number of allylic oxidation sites excluding steroid dienone is 2. The molecule has 1 unspecified atom stereocenters.